The van der Waals surface area contributed by atoms with E-state index < -0.39 is 0 Å². The average Bonchev–Trinajstić information content (AvgIpc) is 2.46. The van der Waals surface area contributed by atoms with Crippen molar-refractivity contribution in [1.82, 2.24) is 5.32 Å². The van der Waals surface area contributed by atoms with Crippen LogP contribution >= 0.6 is 0 Å². The van der Waals surface area contributed by atoms with E-state index in [1.807, 2.05) is 0 Å². The molecule has 0 spiro atoms. The van der Waals surface area contributed by atoms with Gasteiger partial charge in [0, 0.05) is 11.1 Å². The maximum Gasteiger partial charge on any atom is 0.0181 e. The minimum atomic E-state index is 0.171. The molecule has 0 aromatic rings. The summed E-state index contributed by atoms with van der Waals surface area (Å²) in [7, 11) is 0. The molecular weight excluding hydrogens is 244 g/mol. The van der Waals surface area contributed by atoms with Crippen LogP contribution in [0, 0.1) is 0 Å². The van der Waals surface area contributed by atoms with Crippen LogP contribution in [0.25, 0.3) is 0 Å². The molecule has 0 heterocycles. The van der Waals surface area contributed by atoms with Gasteiger partial charge in [-0.25, -0.2) is 0 Å². The highest BCUT2D eigenvalue weighted by atomic mass is 15.0. The SMILES string of the molecule is CCCC1(NCCCC2(N)CCCCC2)CCCCC1. The van der Waals surface area contributed by atoms with Gasteiger partial charge in [0.25, 0.3) is 0 Å². The molecule has 0 aromatic heterocycles. The van der Waals surface area contributed by atoms with Crippen LogP contribution in [-0.2, 0) is 0 Å². The van der Waals surface area contributed by atoms with Gasteiger partial charge in [-0.3, -0.25) is 0 Å². The van der Waals surface area contributed by atoms with Crippen LogP contribution in [0.15, 0.2) is 0 Å². The van der Waals surface area contributed by atoms with Gasteiger partial charge in [0.15, 0.2) is 0 Å². The lowest BCUT2D eigenvalue weighted by atomic mass is 9.77. The van der Waals surface area contributed by atoms with Crippen molar-refractivity contribution in [2.24, 2.45) is 5.73 Å². The van der Waals surface area contributed by atoms with E-state index in [4.69, 9.17) is 5.73 Å². The van der Waals surface area contributed by atoms with Crippen molar-refractivity contribution in [2.45, 2.75) is 108 Å². The smallest absolute Gasteiger partial charge is 0.0181 e. The van der Waals surface area contributed by atoms with Gasteiger partial charge in [-0.2, -0.15) is 0 Å². The topological polar surface area (TPSA) is 38.0 Å². The van der Waals surface area contributed by atoms with Gasteiger partial charge in [0.2, 0.25) is 0 Å². The fraction of sp³-hybridized carbons (Fsp3) is 1.00. The molecule has 118 valence electrons. The molecule has 2 fully saturated rings. The monoisotopic (exact) mass is 280 g/mol. The molecule has 0 saturated heterocycles. The molecule has 2 heteroatoms. The first-order valence-electron chi connectivity index (χ1n) is 9.22. The molecule has 0 amide bonds. The maximum atomic E-state index is 6.54. The summed E-state index contributed by atoms with van der Waals surface area (Å²) in [6.45, 7) is 3.51. The van der Waals surface area contributed by atoms with E-state index in [1.165, 1.54) is 96.4 Å². The van der Waals surface area contributed by atoms with E-state index in [1.54, 1.807) is 0 Å². The van der Waals surface area contributed by atoms with E-state index in [0.717, 1.165) is 0 Å². The molecule has 2 rings (SSSR count). The van der Waals surface area contributed by atoms with Gasteiger partial charge < -0.3 is 11.1 Å². The summed E-state index contributed by atoms with van der Waals surface area (Å²) in [6, 6.07) is 0. The zero-order chi connectivity index (χ0) is 14.3. The minimum absolute atomic E-state index is 0.171. The Labute approximate surface area is 126 Å². The maximum absolute atomic E-state index is 6.54. The number of nitrogens with two attached hydrogens (primary N) is 1. The third kappa shape index (κ3) is 4.73. The Hall–Kier alpha value is -0.0800. The lowest BCUT2D eigenvalue weighted by Crippen LogP contribution is -2.48. The summed E-state index contributed by atoms with van der Waals surface area (Å²) < 4.78 is 0. The molecule has 3 N–H and O–H groups in total. The second-order valence-electron chi connectivity index (χ2n) is 7.54. The molecule has 0 unspecified atom stereocenters. The number of hydrogen-bond acceptors (Lipinski definition) is 2. The van der Waals surface area contributed by atoms with Crippen molar-refractivity contribution in [1.29, 1.82) is 0 Å². The Morgan fingerprint density at radius 1 is 0.850 bits per heavy atom. The lowest BCUT2D eigenvalue weighted by Gasteiger charge is -2.39. The first kappa shape index (κ1) is 16.3. The summed E-state index contributed by atoms with van der Waals surface area (Å²) in [5.41, 5.74) is 7.19. The van der Waals surface area contributed by atoms with E-state index in [-0.39, 0.29) is 5.54 Å². The standard InChI is InChI=1S/C18H36N2/c1-2-10-18(14-7-4-8-15-18)20-16-9-13-17(19)11-5-3-6-12-17/h20H,2-16,19H2,1H3. The quantitative estimate of drug-likeness (QED) is 0.673. The Bertz CT molecular complexity index is 257. The number of hydrogen-bond donors (Lipinski definition) is 2. The van der Waals surface area contributed by atoms with Crippen LogP contribution in [0.5, 0.6) is 0 Å². The second-order valence-corrected chi connectivity index (χ2v) is 7.54. The molecule has 0 radical (unpaired) electrons. The highest BCUT2D eigenvalue weighted by Crippen LogP contribution is 2.33. The first-order valence-corrected chi connectivity index (χ1v) is 9.22. The third-order valence-corrected chi connectivity index (χ3v) is 5.74. The molecule has 2 aliphatic rings. The zero-order valence-corrected chi connectivity index (χ0v) is 13.7. The van der Waals surface area contributed by atoms with Crippen molar-refractivity contribution in [3.8, 4) is 0 Å². The van der Waals surface area contributed by atoms with Gasteiger partial charge in [-0.15, -0.1) is 0 Å². The van der Waals surface area contributed by atoms with Gasteiger partial charge in [0.1, 0.15) is 0 Å². The van der Waals surface area contributed by atoms with Crippen LogP contribution in [0.3, 0.4) is 0 Å². The van der Waals surface area contributed by atoms with Gasteiger partial charge in [0.05, 0.1) is 0 Å². The molecule has 0 bridgehead atoms. The Morgan fingerprint density at radius 3 is 2.05 bits per heavy atom. The average molecular weight is 280 g/mol. The highest BCUT2D eigenvalue weighted by molar-refractivity contribution is 4.91. The molecule has 2 saturated carbocycles. The second kappa shape index (κ2) is 7.79. The fourth-order valence-corrected chi connectivity index (χ4v) is 4.52. The third-order valence-electron chi connectivity index (χ3n) is 5.74. The van der Waals surface area contributed by atoms with Crippen LogP contribution in [0.1, 0.15) is 96.8 Å². The van der Waals surface area contributed by atoms with Gasteiger partial charge in [-0.1, -0.05) is 51.9 Å². The number of rotatable bonds is 7. The molecule has 2 aliphatic carbocycles. The summed E-state index contributed by atoms with van der Waals surface area (Å²) in [5.74, 6) is 0. The van der Waals surface area contributed by atoms with Crippen LogP contribution in [0.2, 0.25) is 0 Å². The van der Waals surface area contributed by atoms with Crippen molar-refractivity contribution in [3.63, 3.8) is 0 Å². The Kier molecular flexibility index (Phi) is 6.35. The van der Waals surface area contributed by atoms with Crippen molar-refractivity contribution in [3.05, 3.63) is 0 Å². The van der Waals surface area contributed by atoms with Crippen LogP contribution in [-0.4, -0.2) is 17.6 Å². The zero-order valence-electron chi connectivity index (χ0n) is 13.7. The molecule has 0 atom stereocenters. The lowest BCUT2D eigenvalue weighted by molar-refractivity contribution is 0.206. The number of nitrogens with one attached hydrogen (secondary N) is 1. The predicted octanol–water partition coefficient (Wildman–Crippen LogP) is 4.52. The van der Waals surface area contributed by atoms with E-state index in [2.05, 4.69) is 12.2 Å². The van der Waals surface area contributed by atoms with E-state index in [9.17, 15) is 0 Å². The molecule has 0 aliphatic heterocycles. The summed E-state index contributed by atoms with van der Waals surface area (Å²) >= 11 is 0. The summed E-state index contributed by atoms with van der Waals surface area (Å²) in [6.07, 6.45) is 18.9. The first-order chi connectivity index (χ1) is 9.68. The van der Waals surface area contributed by atoms with Gasteiger partial charge >= 0.3 is 0 Å². The molecule has 0 aromatic carbocycles. The van der Waals surface area contributed by atoms with E-state index in [0.29, 0.717) is 5.54 Å². The van der Waals surface area contributed by atoms with Crippen LogP contribution in [0.4, 0.5) is 0 Å². The Balaban J connectivity index is 1.70. The largest absolute Gasteiger partial charge is 0.325 e. The van der Waals surface area contributed by atoms with E-state index >= 15 is 0 Å². The van der Waals surface area contributed by atoms with Gasteiger partial charge in [-0.05, 0) is 51.5 Å². The summed E-state index contributed by atoms with van der Waals surface area (Å²) in [5, 5.41) is 3.94. The van der Waals surface area contributed by atoms with Crippen molar-refractivity contribution in [2.75, 3.05) is 6.54 Å². The predicted molar refractivity (Wildman–Crippen MR) is 88.0 cm³/mol. The molecular formula is C18H36N2. The molecule has 20 heavy (non-hydrogen) atoms. The molecule has 2 nitrogen and oxygen atoms in total. The summed E-state index contributed by atoms with van der Waals surface area (Å²) in [4.78, 5) is 0. The Morgan fingerprint density at radius 2 is 1.45 bits per heavy atom. The normalized spacial score (nSPS) is 25.5. The van der Waals surface area contributed by atoms with Crippen molar-refractivity contribution >= 4 is 0 Å². The minimum Gasteiger partial charge on any atom is -0.325 e. The highest BCUT2D eigenvalue weighted by Gasteiger charge is 2.31. The van der Waals surface area contributed by atoms with Crippen LogP contribution < -0.4 is 11.1 Å². The fourth-order valence-electron chi connectivity index (χ4n) is 4.52. The van der Waals surface area contributed by atoms with Crippen molar-refractivity contribution < 1.29 is 0 Å².